The van der Waals surface area contributed by atoms with E-state index in [0.717, 1.165) is 11.3 Å². The van der Waals surface area contributed by atoms with Gasteiger partial charge in [-0.2, -0.15) is 5.10 Å². The zero-order chi connectivity index (χ0) is 21.6. The van der Waals surface area contributed by atoms with Crippen LogP contribution >= 0.6 is 11.3 Å². The van der Waals surface area contributed by atoms with E-state index in [1.165, 1.54) is 43.7 Å². The number of anilines is 1. The van der Waals surface area contributed by atoms with E-state index in [1.54, 1.807) is 36.8 Å². The summed E-state index contributed by atoms with van der Waals surface area (Å²) in [4.78, 5) is 12.3. The van der Waals surface area contributed by atoms with E-state index in [0.29, 0.717) is 28.3 Å². The third kappa shape index (κ3) is 5.16. The second-order valence-electron chi connectivity index (χ2n) is 5.92. The van der Waals surface area contributed by atoms with Crippen LogP contribution in [0.1, 0.15) is 15.9 Å². The number of benzene rings is 2. The quantitative estimate of drug-likeness (QED) is 0.409. The Morgan fingerprint density at radius 3 is 2.47 bits per heavy atom. The van der Waals surface area contributed by atoms with Gasteiger partial charge in [0, 0.05) is 16.8 Å². The van der Waals surface area contributed by atoms with Gasteiger partial charge in [-0.1, -0.05) is 6.07 Å². The van der Waals surface area contributed by atoms with Crippen LogP contribution in [0.3, 0.4) is 0 Å². The molecule has 0 aliphatic rings. The van der Waals surface area contributed by atoms with Crippen LogP contribution in [0.15, 0.2) is 69.3 Å². The first-order valence-corrected chi connectivity index (χ1v) is 11.0. The molecule has 0 saturated carbocycles. The number of carbonyl (C=O) groups is 1. The van der Waals surface area contributed by atoms with Gasteiger partial charge in [0.05, 0.1) is 20.4 Å². The molecule has 0 atom stereocenters. The summed E-state index contributed by atoms with van der Waals surface area (Å²) in [6.07, 6.45) is 1.45. The second-order valence-corrected chi connectivity index (χ2v) is 8.78. The van der Waals surface area contributed by atoms with Gasteiger partial charge in [0.25, 0.3) is 15.9 Å². The van der Waals surface area contributed by atoms with Crippen LogP contribution in [0.5, 0.6) is 11.5 Å². The Labute approximate surface area is 178 Å². The van der Waals surface area contributed by atoms with Gasteiger partial charge in [0.1, 0.15) is 15.7 Å². The number of nitrogens with zero attached hydrogens (tertiary/aromatic N) is 1. The molecule has 0 fully saturated rings. The van der Waals surface area contributed by atoms with E-state index in [1.807, 2.05) is 0 Å². The van der Waals surface area contributed by atoms with Crippen molar-refractivity contribution in [2.24, 2.45) is 5.10 Å². The molecule has 0 aliphatic carbocycles. The fraction of sp³-hybridized carbons (Fsp3) is 0.100. The maximum atomic E-state index is 12.3. The fourth-order valence-electron chi connectivity index (χ4n) is 2.48. The minimum Gasteiger partial charge on any atom is -0.497 e. The van der Waals surface area contributed by atoms with Crippen LogP contribution in [0.4, 0.5) is 5.69 Å². The second kappa shape index (κ2) is 9.42. The normalized spacial score (nSPS) is 11.3. The minimum atomic E-state index is -3.64. The molecule has 0 aliphatic heterocycles. The third-order valence-corrected chi connectivity index (χ3v) is 6.74. The van der Waals surface area contributed by atoms with E-state index in [9.17, 15) is 13.2 Å². The molecule has 30 heavy (non-hydrogen) atoms. The van der Waals surface area contributed by atoms with Gasteiger partial charge in [-0.25, -0.2) is 13.8 Å². The fourth-order valence-corrected chi connectivity index (χ4v) is 4.53. The number of hydrazone groups is 1. The molecule has 0 bridgehead atoms. The molecule has 8 nitrogen and oxygen atoms in total. The number of sulfonamides is 1. The number of hydrogen-bond donors (Lipinski definition) is 2. The summed E-state index contributed by atoms with van der Waals surface area (Å²) in [5.74, 6) is 0.765. The monoisotopic (exact) mass is 445 g/mol. The molecule has 0 saturated heterocycles. The summed E-state index contributed by atoms with van der Waals surface area (Å²) in [6.45, 7) is 0. The molecule has 0 spiro atoms. The van der Waals surface area contributed by atoms with E-state index in [-0.39, 0.29) is 4.21 Å². The molecule has 10 heteroatoms. The first kappa shape index (κ1) is 21.3. The lowest BCUT2D eigenvalue weighted by Crippen LogP contribution is -2.18. The van der Waals surface area contributed by atoms with Crippen LogP contribution in [-0.2, 0) is 10.0 Å². The van der Waals surface area contributed by atoms with Gasteiger partial charge in [0.2, 0.25) is 0 Å². The van der Waals surface area contributed by atoms with Crippen molar-refractivity contribution in [2.75, 3.05) is 18.9 Å². The van der Waals surface area contributed by atoms with E-state index in [4.69, 9.17) is 9.47 Å². The number of amides is 1. The van der Waals surface area contributed by atoms with Crippen LogP contribution < -0.4 is 19.6 Å². The summed E-state index contributed by atoms with van der Waals surface area (Å²) in [5, 5.41) is 5.63. The van der Waals surface area contributed by atoms with Gasteiger partial charge < -0.3 is 9.47 Å². The topological polar surface area (TPSA) is 106 Å². The van der Waals surface area contributed by atoms with Crippen molar-refractivity contribution in [3.63, 3.8) is 0 Å². The average molecular weight is 446 g/mol. The van der Waals surface area contributed by atoms with Crippen molar-refractivity contribution >= 4 is 39.2 Å². The lowest BCUT2D eigenvalue weighted by Gasteiger charge is -2.07. The van der Waals surface area contributed by atoms with Crippen LogP contribution in [0.25, 0.3) is 0 Å². The largest absolute Gasteiger partial charge is 0.497 e. The zero-order valence-electron chi connectivity index (χ0n) is 16.2. The molecule has 0 radical (unpaired) electrons. The Bertz CT molecular complexity index is 1140. The molecule has 2 aromatic carbocycles. The van der Waals surface area contributed by atoms with Crippen molar-refractivity contribution in [1.82, 2.24) is 5.43 Å². The molecular formula is C20H19N3O5S2. The molecule has 3 aromatic rings. The molecule has 0 unspecified atom stereocenters. The number of nitrogens with one attached hydrogen (secondary N) is 2. The standard InChI is InChI=1S/C20H19N3O5S2/c1-27-17-9-10-18(28-2)15(12-17)13-21-22-20(24)14-5-7-16(8-6-14)23-30(25,26)19-4-3-11-29-19/h3-13,23H,1-2H3,(H,22,24). The molecule has 2 N–H and O–H groups in total. The summed E-state index contributed by atoms with van der Waals surface area (Å²) in [6, 6.07) is 14.4. The highest BCUT2D eigenvalue weighted by Crippen LogP contribution is 2.22. The van der Waals surface area contributed by atoms with Gasteiger partial charge >= 0.3 is 0 Å². The van der Waals surface area contributed by atoms with Crippen molar-refractivity contribution in [3.05, 3.63) is 71.1 Å². The highest BCUT2D eigenvalue weighted by Gasteiger charge is 2.15. The van der Waals surface area contributed by atoms with Crippen LogP contribution in [0, 0.1) is 0 Å². The lowest BCUT2D eigenvalue weighted by atomic mass is 10.2. The van der Waals surface area contributed by atoms with Crippen LogP contribution in [-0.4, -0.2) is 34.8 Å². The van der Waals surface area contributed by atoms with Gasteiger partial charge in [-0.05, 0) is 53.9 Å². The molecule has 1 amide bonds. The number of hydrogen-bond acceptors (Lipinski definition) is 7. The summed E-state index contributed by atoms with van der Waals surface area (Å²) < 4.78 is 37.6. The van der Waals surface area contributed by atoms with Crippen molar-refractivity contribution in [2.45, 2.75) is 4.21 Å². The predicted octanol–water partition coefficient (Wildman–Crippen LogP) is 3.33. The van der Waals surface area contributed by atoms with Gasteiger partial charge in [-0.15, -0.1) is 11.3 Å². The average Bonchev–Trinajstić information content (AvgIpc) is 3.30. The van der Waals surface area contributed by atoms with E-state index >= 15 is 0 Å². The molecular weight excluding hydrogens is 426 g/mol. The SMILES string of the molecule is COc1ccc(OC)c(C=NNC(=O)c2ccc(NS(=O)(=O)c3cccs3)cc2)c1. The van der Waals surface area contributed by atoms with Crippen LogP contribution in [0.2, 0.25) is 0 Å². The number of carbonyl (C=O) groups excluding carboxylic acids is 1. The molecule has 156 valence electrons. The van der Waals surface area contributed by atoms with Crippen molar-refractivity contribution in [1.29, 1.82) is 0 Å². The Balaban J connectivity index is 1.65. The summed E-state index contributed by atoms with van der Waals surface area (Å²) >= 11 is 1.12. The maximum Gasteiger partial charge on any atom is 0.271 e. The Hall–Kier alpha value is -3.37. The van der Waals surface area contributed by atoms with Crippen molar-refractivity contribution < 1.29 is 22.7 Å². The highest BCUT2D eigenvalue weighted by molar-refractivity contribution is 7.94. The Morgan fingerprint density at radius 2 is 1.83 bits per heavy atom. The smallest absolute Gasteiger partial charge is 0.271 e. The number of thiophene rings is 1. The van der Waals surface area contributed by atoms with Crippen molar-refractivity contribution in [3.8, 4) is 11.5 Å². The van der Waals surface area contributed by atoms with E-state index in [2.05, 4.69) is 15.2 Å². The number of ether oxygens (including phenoxy) is 2. The maximum absolute atomic E-state index is 12.3. The first-order chi connectivity index (χ1) is 14.4. The van der Waals surface area contributed by atoms with Gasteiger partial charge in [-0.3, -0.25) is 9.52 Å². The molecule has 3 rings (SSSR count). The Kier molecular flexibility index (Phi) is 6.70. The minimum absolute atomic E-state index is 0.214. The Morgan fingerprint density at radius 1 is 1.07 bits per heavy atom. The predicted molar refractivity (Wildman–Crippen MR) is 116 cm³/mol. The lowest BCUT2D eigenvalue weighted by molar-refractivity contribution is 0.0955. The molecule has 1 aromatic heterocycles. The number of methoxy groups -OCH3 is 2. The first-order valence-electron chi connectivity index (χ1n) is 8.65. The number of rotatable bonds is 8. The third-order valence-electron chi connectivity index (χ3n) is 3.97. The highest BCUT2D eigenvalue weighted by atomic mass is 32.2. The molecule has 1 heterocycles. The summed E-state index contributed by atoms with van der Waals surface area (Å²) in [7, 11) is -0.554. The zero-order valence-corrected chi connectivity index (χ0v) is 17.8. The van der Waals surface area contributed by atoms with E-state index < -0.39 is 15.9 Å². The van der Waals surface area contributed by atoms with Gasteiger partial charge in [0.15, 0.2) is 0 Å². The summed E-state index contributed by atoms with van der Waals surface area (Å²) in [5.41, 5.74) is 3.73.